The van der Waals surface area contributed by atoms with E-state index in [-0.39, 0.29) is 12.2 Å². The number of H-pyrrole nitrogens is 1. The SMILES string of the molecule is COc1c(C#N)ccc2[nH]c(-c3nc4n(n3)CCOC4c3ccccc3C(F)(F)F)cc12. The third kappa shape index (κ3) is 3.18. The molecule has 0 fully saturated rings. The fourth-order valence-corrected chi connectivity index (χ4v) is 3.98. The van der Waals surface area contributed by atoms with Crippen LogP contribution in [0.5, 0.6) is 5.75 Å². The third-order valence-corrected chi connectivity index (χ3v) is 5.39. The molecule has 3 heterocycles. The number of halogens is 3. The van der Waals surface area contributed by atoms with Crippen LogP contribution in [0.25, 0.3) is 22.4 Å². The number of ether oxygens (including phenoxy) is 2. The van der Waals surface area contributed by atoms with Crippen LogP contribution in [-0.2, 0) is 17.5 Å². The maximum absolute atomic E-state index is 13.6. The maximum atomic E-state index is 13.6. The molecule has 4 aromatic rings. The van der Waals surface area contributed by atoms with Gasteiger partial charge in [0.05, 0.1) is 37.1 Å². The fourth-order valence-electron chi connectivity index (χ4n) is 3.98. The number of nitrogens with zero attached hydrogens (tertiary/aromatic N) is 4. The summed E-state index contributed by atoms with van der Waals surface area (Å²) in [6.45, 7) is 0.577. The molecule has 1 aliphatic heterocycles. The van der Waals surface area contributed by atoms with Crippen molar-refractivity contribution in [1.82, 2.24) is 19.7 Å². The predicted molar refractivity (Wildman–Crippen MR) is 108 cm³/mol. The maximum Gasteiger partial charge on any atom is 0.416 e. The van der Waals surface area contributed by atoms with Crippen LogP contribution in [-0.4, -0.2) is 33.5 Å². The number of aromatic amines is 1. The average molecular weight is 439 g/mol. The van der Waals surface area contributed by atoms with E-state index in [1.165, 1.54) is 19.2 Å². The lowest BCUT2D eigenvalue weighted by Crippen LogP contribution is -2.25. The second-order valence-corrected chi connectivity index (χ2v) is 7.26. The Morgan fingerprint density at radius 1 is 1.25 bits per heavy atom. The molecule has 0 bridgehead atoms. The lowest BCUT2D eigenvalue weighted by Gasteiger charge is -2.25. The number of fused-ring (bicyclic) bond motifs is 2. The summed E-state index contributed by atoms with van der Waals surface area (Å²) >= 11 is 0. The fraction of sp³-hybridized carbons (Fsp3) is 0.227. The van der Waals surface area contributed by atoms with Crippen molar-refractivity contribution in [2.45, 2.75) is 18.8 Å². The van der Waals surface area contributed by atoms with Crippen LogP contribution in [0, 0.1) is 11.3 Å². The Morgan fingerprint density at radius 2 is 2.06 bits per heavy atom. The first-order valence-corrected chi connectivity index (χ1v) is 9.73. The molecule has 1 unspecified atom stereocenters. The molecule has 7 nitrogen and oxygen atoms in total. The smallest absolute Gasteiger partial charge is 0.416 e. The lowest BCUT2D eigenvalue weighted by molar-refractivity contribution is -0.139. The highest BCUT2D eigenvalue weighted by molar-refractivity contribution is 5.92. The molecule has 0 radical (unpaired) electrons. The van der Waals surface area contributed by atoms with Crippen molar-refractivity contribution in [2.24, 2.45) is 0 Å². The van der Waals surface area contributed by atoms with Gasteiger partial charge in [0.15, 0.2) is 11.6 Å². The minimum atomic E-state index is -4.52. The monoisotopic (exact) mass is 439 g/mol. The van der Waals surface area contributed by atoms with Crippen molar-refractivity contribution in [3.05, 3.63) is 65.0 Å². The van der Waals surface area contributed by atoms with Gasteiger partial charge >= 0.3 is 6.18 Å². The van der Waals surface area contributed by atoms with Crippen molar-refractivity contribution in [2.75, 3.05) is 13.7 Å². The number of aromatic nitrogens is 4. The summed E-state index contributed by atoms with van der Waals surface area (Å²) in [6, 6.07) is 12.6. The molecule has 1 atom stereocenters. The van der Waals surface area contributed by atoms with Crippen LogP contribution in [0.2, 0.25) is 0 Å². The molecule has 2 aromatic heterocycles. The number of nitrogens with one attached hydrogen (secondary N) is 1. The summed E-state index contributed by atoms with van der Waals surface area (Å²) in [5, 5.41) is 14.5. The Morgan fingerprint density at radius 3 is 2.81 bits per heavy atom. The van der Waals surface area contributed by atoms with Gasteiger partial charge in [-0.15, -0.1) is 5.10 Å². The first-order valence-electron chi connectivity index (χ1n) is 9.73. The van der Waals surface area contributed by atoms with Gasteiger partial charge in [-0.3, -0.25) is 0 Å². The van der Waals surface area contributed by atoms with Gasteiger partial charge < -0.3 is 14.5 Å². The molecule has 0 saturated carbocycles. The zero-order valence-electron chi connectivity index (χ0n) is 16.8. The highest BCUT2D eigenvalue weighted by atomic mass is 19.4. The molecule has 0 saturated heterocycles. The summed E-state index contributed by atoms with van der Waals surface area (Å²) < 4.78 is 53.4. The molecule has 1 N–H and O–H groups in total. The van der Waals surface area contributed by atoms with E-state index in [2.05, 4.69) is 21.1 Å². The highest BCUT2D eigenvalue weighted by Gasteiger charge is 2.38. The summed E-state index contributed by atoms with van der Waals surface area (Å²) in [5.74, 6) is 1.04. The van der Waals surface area contributed by atoms with Crippen molar-refractivity contribution >= 4 is 10.9 Å². The summed E-state index contributed by atoms with van der Waals surface area (Å²) in [6.07, 6.45) is -5.51. The first-order chi connectivity index (χ1) is 15.4. The van der Waals surface area contributed by atoms with Gasteiger partial charge in [0, 0.05) is 16.5 Å². The van der Waals surface area contributed by atoms with E-state index in [0.29, 0.717) is 40.6 Å². The first kappa shape index (κ1) is 20.1. The van der Waals surface area contributed by atoms with Gasteiger partial charge in [-0.1, -0.05) is 18.2 Å². The quantitative estimate of drug-likeness (QED) is 0.510. The molecule has 10 heteroatoms. The molecule has 0 aliphatic carbocycles. The van der Waals surface area contributed by atoms with Gasteiger partial charge in [-0.2, -0.15) is 18.4 Å². The Labute approximate surface area is 180 Å². The zero-order valence-corrected chi connectivity index (χ0v) is 16.8. The van der Waals surface area contributed by atoms with E-state index >= 15 is 0 Å². The highest BCUT2D eigenvalue weighted by Crippen LogP contribution is 2.39. The van der Waals surface area contributed by atoms with Crippen LogP contribution in [0.1, 0.15) is 28.6 Å². The molecule has 32 heavy (non-hydrogen) atoms. The number of methoxy groups -OCH3 is 1. The van der Waals surface area contributed by atoms with Gasteiger partial charge in [-0.25, -0.2) is 9.67 Å². The zero-order chi connectivity index (χ0) is 22.5. The molecule has 1 aliphatic rings. The molecular formula is C22H16F3N5O2. The molecular weight excluding hydrogens is 423 g/mol. The van der Waals surface area contributed by atoms with Crippen LogP contribution in [0.4, 0.5) is 13.2 Å². The molecule has 2 aromatic carbocycles. The van der Waals surface area contributed by atoms with E-state index in [9.17, 15) is 18.4 Å². The summed E-state index contributed by atoms with van der Waals surface area (Å²) in [7, 11) is 1.48. The van der Waals surface area contributed by atoms with E-state index in [1.54, 1.807) is 28.9 Å². The van der Waals surface area contributed by atoms with Crippen molar-refractivity contribution in [3.63, 3.8) is 0 Å². The second-order valence-electron chi connectivity index (χ2n) is 7.26. The van der Waals surface area contributed by atoms with Crippen molar-refractivity contribution in [1.29, 1.82) is 5.26 Å². The number of hydrogen-bond acceptors (Lipinski definition) is 5. The molecule has 0 amide bonds. The Balaban J connectivity index is 1.61. The average Bonchev–Trinajstić information content (AvgIpc) is 3.41. The van der Waals surface area contributed by atoms with Gasteiger partial charge in [-0.05, 0) is 24.3 Å². The van der Waals surface area contributed by atoms with Gasteiger partial charge in [0.2, 0.25) is 0 Å². The summed E-state index contributed by atoms with van der Waals surface area (Å²) in [4.78, 5) is 7.71. The number of rotatable bonds is 3. The van der Waals surface area contributed by atoms with Gasteiger partial charge in [0.25, 0.3) is 0 Å². The van der Waals surface area contributed by atoms with Crippen molar-refractivity contribution < 1.29 is 22.6 Å². The standard InChI is InChI=1S/C22H16F3N5O2/c1-31-18-12(11-26)6-7-16-14(18)10-17(27-16)20-28-21-19(32-9-8-30(21)29-20)13-4-2-3-5-15(13)22(23,24)25/h2-7,10,19,27H,8-9H2,1H3. The minimum Gasteiger partial charge on any atom is -0.495 e. The molecule has 0 spiro atoms. The number of hydrogen-bond donors (Lipinski definition) is 1. The van der Waals surface area contributed by atoms with E-state index < -0.39 is 17.8 Å². The Hall–Kier alpha value is -3.84. The lowest BCUT2D eigenvalue weighted by atomic mass is 10.0. The summed E-state index contributed by atoms with van der Waals surface area (Å²) in [5.41, 5.74) is 0.899. The topological polar surface area (TPSA) is 88.8 Å². The Bertz CT molecular complexity index is 1370. The normalized spacial score (nSPS) is 16.0. The molecule has 5 rings (SSSR count). The van der Waals surface area contributed by atoms with Crippen LogP contribution in [0.15, 0.2) is 42.5 Å². The number of benzene rings is 2. The van der Waals surface area contributed by atoms with Crippen LogP contribution in [0.3, 0.4) is 0 Å². The number of alkyl halides is 3. The Kier molecular flexibility index (Phi) is 4.64. The molecule has 162 valence electrons. The third-order valence-electron chi connectivity index (χ3n) is 5.39. The second kappa shape index (κ2) is 7.39. The van der Waals surface area contributed by atoms with Gasteiger partial charge in [0.1, 0.15) is 17.9 Å². The van der Waals surface area contributed by atoms with E-state index in [1.807, 2.05) is 0 Å². The predicted octanol–water partition coefficient (Wildman–Crippen LogP) is 4.45. The number of nitriles is 1. The minimum absolute atomic E-state index is 0.00289. The van der Waals surface area contributed by atoms with Crippen molar-refractivity contribution in [3.8, 4) is 23.3 Å². The van der Waals surface area contributed by atoms with Crippen LogP contribution < -0.4 is 4.74 Å². The largest absolute Gasteiger partial charge is 0.495 e. The van der Waals surface area contributed by atoms with E-state index in [4.69, 9.17) is 9.47 Å². The van der Waals surface area contributed by atoms with E-state index in [0.717, 1.165) is 11.6 Å². The van der Waals surface area contributed by atoms with Crippen LogP contribution >= 0.6 is 0 Å².